The number of nitrogens with one attached hydrogen (secondary N) is 1. The summed E-state index contributed by atoms with van der Waals surface area (Å²) in [6.07, 6.45) is 2.69. The van der Waals surface area contributed by atoms with Crippen LogP contribution in [0.4, 0.5) is 0 Å². The van der Waals surface area contributed by atoms with E-state index in [0.29, 0.717) is 18.7 Å². The predicted molar refractivity (Wildman–Crippen MR) is 108 cm³/mol. The van der Waals surface area contributed by atoms with Crippen molar-refractivity contribution in [3.63, 3.8) is 0 Å². The maximum atomic E-state index is 12.8. The van der Waals surface area contributed by atoms with Gasteiger partial charge in [0.1, 0.15) is 0 Å². The number of carbonyl (C=O) groups excluding carboxylic acids is 1. The third-order valence-corrected chi connectivity index (χ3v) is 7.58. The molecule has 29 heavy (non-hydrogen) atoms. The molecule has 1 saturated heterocycles. The fraction of sp³-hybridized carbons (Fsp3) is 0.316. The molecular weight excluding hydrogens is 414 g/mol. The van der Waals surface area contributed by atoms with Crippen molar-refractivity contribution < 1.29 is 21.6 Å². The molecule has 2 aromatic carbocycles. The minimum absolute atomic E-state index is 0.0109. The first-order valence-corrected chi connectivity index (χ1v) is 12.2. The lowest BCUT2D eigenvalue weighted by atomic mass is 10.2. The molecule has 1 aliphatic rings. The van der Waals surface area contributed by atoms with Crippen molar-refractivity contribution in [1.82, 2.24) is 9.62 Å². The Morgan fingerprint density at radius 3 is 2.21 bits per heavy atom. The van der Waals surface area contributed by atoms with Crippen LogP contribution in [0.3, 0.4) is 0 Å². The van der Waals surface area contributed by atoms with Gasteiger partial charge in [-0.25, -0.2) is 22.0 Å². The molecule has 156 valence electrons. The number of sulfonamides is 2. The van der Waals surface area contributed by atoms with E-state index in [9.17, 15) is 21.6 Å². The summed E-state index contributed by atoms with van der Waals surface area (Å²) in [7, 11) is -7.39. The molecule has 1 heterocycles. The molecule has 0 unspecified atom stereocenters. The Morgan fingerprint density at radius 2 is 1.59 bits per heavy atom. The van der Waals surface area contributed by atoms with Gasteiger partial charge in [0.25, 0.3) is 5.91 Å². The second kappa shape index (κ2) is 8.62. The lowest BCUT2D eigenvalue weighted by Crippen LogP contribution is -2.35. The Morgan fingerprint density at radius 1 is 0.931 bits per heavy atom. The molecule has 0 aromatic heterocycles. The van der Waals surface area contributed by atoms with E-state index < -0.39 is 26.0 Å². The molecule has 3 rings (SSSR count). The molecule has 2 aromatic rings. The Labute approximate surface area is 170 Å². The van der Waals surface area contributed by atoms with Crippen molar-refractivity contribution in [3.8, 4) is 0 Å². The lowest BCUT2D eigenvalue weighted by Gasteiger charge is -2.26. The molecule has 1 fully saturated rings. The quantitative estimate of drug-likeness (QED) is 0.707. The first-order valence-electron chi connectivity index (χ1n) is 9.18. The highest BCUT2D eigenvalue weighted by atomic mass is 32.2. The van der Waals surface area contributed by atoms with E-state index in [0.717, 1.165) is 19.3 Å². The van der Waals surface area contributed by atoms with Gasteiger partial charge in [0.15, 0.2) is 0 Å². The van der Waals surface area contributed by atoms with Gasteiger partial charge in [-0.15, -0.1) is 0 Å². The topological polar surface area (TPSA) is 127 Å². The van der Waals surface area contributed by atoms with E-state index in [1.165, 1.54) is 28.6 Å². The molecular formula is C19H23N3O5S2. The summed E-state index contributed by atoms with van der Waals surface area (Å²) in [6, 6.07) is 11.8. The number of amides is 1. The van der Waals surface area contributed by atoms with Gasteiger partial charge in [-0.3, -0.25) is 4.79 Å². The Bertz CT molecular complexity index is 1090. The second-order valence-electron chi connectivity index (χ2n) is 6.86. The van der Waals surface area contributed by atoms with Gasteiger partial charge in [-0.1, -0.05) is 24.6 Å². The van der Waals surface area contributed by atoms with Gasteiger partial charge < -0.3 is 5.32 Å². The van der Waals surface area contributed by atoms with Crippen LogP contribution in [-0.4, -0.2) is 40.1 Å². The van der Waals surface area contributed by atoms with Crippen LogP contribution in [-0.2, 0) is 26.6 Å². The predicted octanol–water partition coefficient (Wildman–Crippen LogP) is 1.44. The SMILES string of the molecule is NS(=O)(=O)c1ccc(CNC(=O)c2cccc(S(=O)(=O)N3CCCCC3)c2)cc1. The van der Waals surface area contributed by atoms with E-state index in [4.69, 9.17) is 5.14 Å². The molecule has 3 N–H and O–H groups in total. The first kappa shape index (κ1) is 21.4. The number of benzene rings is 2. The van der Waals surface area contributed by atoms with Crippen LogP contribution in [0, 0.1) is 0 Å². The fourth-order valence-electron chi connectivity index (χ4n) is 3.13. The molecule has 0 spiro atoms. The summed E-state index contributed by atoms with van der Waals surface area (Å²) in [6.45, 7) is 1.15. The summed E-state index contributed by atoms with van der Waals surface area (Å²) in [4.78, 5) is 12.6. The highest BCUT2D eigenvalue weighted by Crippen LogP contribution is 2.21. The van der Waals surface area contributed by atoms with Crippen LogP contribution in [0.15, 0.2) is 58.3 Å². The number of hydrogen-bond acceptors (Lipinski definition) is 5. The average Bonchev–Trinajstić information content (AvgIpc) is 2.72. The summed E-state index contributed by atoms with van der Waals surface area (Å²) in [5, 5.41) is 7.76. The van der Waals surface area contributed by atoms with Crippen molar-refractivity contribution in [3.05, 3.63) is 59.7 Å². The number of carbonyl (C=O) groups is 1. The van der Waals surface area contributed by atoms with E-state index in [2.05, 4.69) is 5.32 Å². The number of piperidine rings is 1. The molecule has 0 aliphatic carbocycles. The highest BCUT2D eigenvalue weighted by molar-refractivity contribution is 7.89. The van der Waals surface area contributed by atoms with Crippen LogP contribution in [0.25, 0.3) is 0 Å². The molecule has 0 atom stereocenters. The minimum atomic E-state index is -3.77. The molecule has 10 heteroatoms. The average molecular weight is 438 g/mol. The van der Waals surface area contributed by atoms with Gasteiger partial charge in [-0.2, -0.15) is 4.31 Å². The van der Waals surface area contributed by atoms with Crippen LogP contribution in [0.2, 0.25) is 0 Å². The molecule has 8 nitrogen and oxygen atoms in total. The zero-order valence-corrected chi connectivity index (χ0v) is 17.4. The number of rotatable bonds is 6. The van der Waals surface area contributed by atoms with E-state index in [1.807, 2.05) is 0 Å². The zero-order valence-electron chi connectivity index (χ0n) is 15.7. The molecule has 1 aliphatic heterocycles. The largest absolute Gasteiger partial charge is 0.348 e. The molecule has 0 saturated carbocycles. The normalized spacial score (nSPS) is 15.8. The highest BCUT2D eigenvalue weighted by Gasteiger charge is 2.26. The lowest BCUT2D eigenvalue weighted by molar-refractivity contribution is 0.0950. The summed E-state index contributed by atoms with van der Waals surface area (Å²) in [5.41, 5.74) is 0.923. The summed E-state index contributed by atoms with van der Waals surface area (Å²) >= 11 is 0. The van der Waals surface area contributed by atoms with E-state index in [1.54, 1.807) is 24.3 Å². The van der Waals surface area contributed by atoms with E-state index in [-0.39, 0.29) is 21.9 Å². The van der Waals surface area contributed by atoms with Gasteiger partial charge in [-0.05, 0) is 48.7 Å². The van der Waals surface area contributed by atoms with E-state index >= 15 is 0 Å². The third-order valence-electron chi connectivity index (χ3n) is 4.75. The van der Waals surface area contributed by atoms with Gasteiger partial charge in [0.2, 0.25) is 20.0 Å². The minimum Gasteiger partial charge on any atom is -0.348 e. The van der Waals surface area contributed by atoms with Crippen LogP contribution >= 0.6 is 0 Å². The third kappa shape index (κ3) is 5.21. The Balaban J connectivity index is 1.69. The Hall–Kier alpha value is -2.27. The maximum absolute atomic E-state index is 12.8. The van der Waals surface area contributed by atoms with Crippen LogP contribution in [0.5, 0.6) is 0 Å². The summed E-state index contributed by atoms with van der Waals surface area (Å²) in [5.74, 6) is -0.420. The van der Waals surface area contributed by atoms with Crippen molar-refractivity contribution in [2.75, 3.05) is 13.1 Å². The van der Waals surface area contributed by atoms with Gasteiger partial charge in [0.05, 0.1) is 9.79 Å². The van der Waals surface area contributed by atoms with Crippen LogP contribution in [0.1, 0.15) is 35.2 Å². The monoisotopic (exact) mass is 437 g/mol. The number of hydrogen-bond donors (Lipinski definition) is 2. The van der Waals surface area contributed by atoms with Crippen molar-refractivity contribution in [1.29, 1.82) is 0 Å². The van der Waals surface area contributed by atoms with Crippen molar-refractivity contribution >= 4 is 26.0 Å². The number of nitrogens with zero attached hydrogens (tertiary/aromatic N) is 1. The second-order valence-corrected chi connectivity index (χ2v) is 10.4. The van der Waals surface area contributed by atoms with Crippen molar-refractivity contribution in [2.24, 2.45) is 5.14 Å². The smallest absolute Gasteiger partial charge is 0.251 e. The molecule has 0 bridgehead atoms. The standard InChI is InChI=1S/C19H23N3O5S2/c20-28(24,25)17-9-7-15(8-10-17)14-21-19(23)16-5-4-6-18(13-16)29(26,27)22-11-2-1-3-12-22/h4-10,13H,1-3,11-12,14H2,(H,21,23)(H2,20,24,25). The first-order chi connectivity index (χ1) is 13.7. The zero-order chi connectivity index (χ0) is 21.1. The van der Waals surface area contributed by atoms with Crippen LogP contribution < -0.4 is 10.5 Å². The molecule has 1 amide bonds. The number of primary sulfonamides is 1. The van der Waals surface area contributed by atoms with Gasteiger partial charge >= 0.3 is 0 Å². The number of nitrogens with two attached hydrogens (primary N) is 1. The summed E-state index contributed by atoms with van der Waals surface area (Å²) < 4.78 is 49.6. The molecule has 0 radical (unpaired) electrons. The fourth-order valence-corrected chi connectivity index (χ4v) is 5.21. The maximum Gasteiger partial charge on any atom is 0.251 e. The Kier molecular flexibility index (Phi) is 6.37. The van der Waals surface area contributed by atoms with Gasteiger partial charge in [0, 0.05) is 25.2 Å². The van der Waals surface area contributed by atoms with Crippen molar-refractivity contribution in [2.45, 2.75) is 35.6 Å².